The van der Waals surface area contributed by atoms with E-state index in [0.717, 1.165) is 11.1 Å². The third-order valence-electron chi connectivity index (χ3n) is 3.68. The number of carbonyl (C=O) groups is 2. The Bertz CT molecular complexity index is 607. The lowest BCUT2D eigenvalue weighted by molar-refractivity contribution is -0.0757. The SMILES string of the molecule is CON(C)C(=O)c1ccc2c(c1)CCN(C(=O)OC(C)(C)C)C2. The molecule has 0 fully saturated rings. The highest BCUT2D eigenvalue weighted by molar-refractivity contribution is 5.93. The number of rotatable bonds is 2. The Morgan fingerprint density at radius 2 is 1.91 bits per heavy atom. The molecule has 1 aromatic rings. The van der Waals surface area contributed by atoms with Gasteiger partial charge in [-0.05, 0) is 50.5 Å². The first-order valence-electron chi connectivity index (χ1n) is 7.63. The standard InChI is InChI=1S/C17H24N2O4/c1-17(2,3)23-16(21)19-9-8-12-10-13(6-7-14(12)11-19)15(20)18(4)22-5/h6-7,10H,8-9,11H2,1-5H3. The summed E-state index contributed by atoms with van der Waals surface area (Å²) in [4.78, 5) is 30.9. The van der Waals surface area contributed by atoms with Crippen molar-refractivity contribution in [1.82, 2.24) is 9.96 Å². The number of hydrogen-bond donors (Lipinski definition) is 0. The second-order valence-electron chi connectivity index (χ2n) is 6.62. The molecule has 0 saturated carbocycles. The average molecular weight is 320 g/mol. The molecule has 6 nitrogen and oxygen atoms in total. The zero-order valence-electron chi connectivity index (χ0n) is 14.4. The number of fused-ring (bicyclic) bond motifs is 1. The van der Waals surface area contributed by atoms with Crippen LogP contribution in [0.2, 0.25) is 0 Å². The van der Waals surface area contributed by atoms with Crippen LogP contribution in [0.3, 0.4) is 0 Å². The maximum Gasteiger partial charge on any atom is 0.410 e. The van der Waals surface area contributed by atoms with Crippen molar-refractivity contribution < 1.29 is 19.2 Å². The summed E-state index contributed by atoms with van der Waals surface area (Å²) in [6.45, 7) is 6.64. The zero-order chi connectivity index (χ0) is 17.2. The van der Waals surface area contributed by atoms with Crippen LogP contribution < -0.4 is 0 Å². The van der Waals surface area contributed by atoms with Crippen molar-refractivity contribution in [3.05, 3.63) is 34.9 Å². The molecule has 0 N–H and O–H groups in total. The van der Waals surface area contributed by atoms with Gasteiger partial charge in [-0.2, -0.15) is 0 Å². The van der Waals surface area contributed by atoms with Crippen LogP contribution in [0.4, 0.5) is 4.79 Å². The molecule has 1 aliphatic rings. The topological polar surface area (TPSA) is 59.1 Å². The molecular weight excluding hydrogens is 296 g/mol. The maximum absolute atomic E-state index is 12.2. The first kappa shape index (κ1) is 17.3. The zero-order valence-corrected chi connectivity index (χ0v) is 14.4. The quantitative estimate of drug-likeness (QED) is 0.786. The van der Waals surface area contributed by atoms with Crippen LogP contribution in [0, 0.1) is 0 Å². The Morgan fingerprint density at radius 1 is 1.22 bits per heavy atom. The van der Waals surface area contributed by atoms with E-state index in [4.69, 9.17) is 9.57 Å². The van der Waals surface area contributed by atoms with E-state index in [0.29, 0.717) is 25.1 Å². The Morgan fingerprint density at radius 3 is 2.52 bits per heavy atom. The van der Waals surface area contributed by atoms with E-state index in [9.17, 15) is 9.59 Å². The fourth-order valence-corrected chi connectivity index (χ4v) is 2.43. The second kappa shape index (κ2) is 6.58. The van der Waals surface area contributed by atoms with Gasteiger partial charge in [-0.15, -0.1) is 0 Å². The van der Waals surface area contributed by atoms with Crippen LogP contribution >= 0.6 is 0 Å². The van der Waals surface area contributed by atoms with Gasteiger partial charge in [0.1, 0.15) is 5.60 Å². The monoisotopic (exact) mass is 320 g/mol. The van der Waals surface area contributed by atoms with Gasteiger partial charge >= 0.3 is 6.09 Å². The summed E-state index contributed by atoms with van der Waals surface area (Å²) in [5.41, 5.74) is 2.20. The summed E-state index contributed by atoms with van der Waals surface area (Å²) < 4.78 is 5.41. The van der Waals surface area contributed by atoms with Crippen molar-refractivity contribution in [3.63, 3.8) is 0 Å². The molecule has 0 atom stereocenters. The molecule has 2 rings (SSSR count). The molecule has 126 valence electrons. The van der Waals surface area contributed by atoms with Crippen molar-refractivity contribution in [2.45, 2.75) is 39.3 Å². The van der Waals surface area contributed by atoms with E-state index in [2.05, 4.69) is 0 Å². The molecule has 6 heteroatoms. The van der Waals surface area contributed by atoms with Crippen molar-refractivity contribution in [1.29, 1.82) is 0 Å². The van der Waals surface area contributed by atoms with Gasteiger partial charge in [-0.1, -0.05) is 6.07 Å². The lowest BCUT2D eigenvalue weighted by atomic mass is 9.97. The molecule has 1 aliphatic heterocycles. The minimum Gasteiger partial charge on any atom is -0.444 e. The summed E-state index contributed by atoms with van der Waals surface area (Å²) in [7, 11) is 3.03. The average Bonchev–Trinajstić information content (AvgIpc) is 2.50. The summed E-state index contributed by atoms with van der Waals surface area (Å²) >= 11 is 0. The number of amides is 2. The number of hydroxylamine groups is 2. The number of nitrogens with zero attached hydrogens (tertiary/aromatic N) is 2. The molecule has 0 aromatic heterocycles. The molecule has 0 radical (unpaired) electrons. The van der Waals surface area contributed by atoms with Crippen molar-refractivity contribution >= 4 is 12.0 Å². The largest absolute Gasteiger partial charge is 0.444 e. The van der Waals surface area contributed by atoms with Crippen LogP contribution in [0.15, 0.2) is 18.2 Å². The van der Waals surface area contributed by atoms with E-state index in [1.54, 1.807) is 18.0 Å². The molecular formula is C17H24N2O4. The lowest BCUT2D eigenvalue weighted by Gasteiger charge is -2.31. The van der Waals surface area contributed by atoms with Crippen LogP contribution in [0.5, 0.6) is 0 Å². The molecule has 0 unspecified atom stereocenters. The molecule has 0 bridgehead atoms. The van der Waals surface area contributed by atoms with Gasteiger partial charge in [0.25, 0.3) is 5.91 Å². The fraction of sp³-hybridized carbons (Fsp3) is 0.529. The molecule has 0 spiro atoms. The first-order chi connectivity index (χ1) is 10.7. The minimum absolute atomic E-state index is 0.190. The van der Waals surface area contributed by atoms with Gasteiger partial charge in [0, 0.05) is 25.7 Å². The molecule has 2 amide bonds. The molecule has 0 aliphatic carbocycles. The Balaban J connectivity index is 2.11. The van der Waals surface area contributed by atoms with Gasteiger partial charge < -0.3 is 9.64 Å². The van der Waals surface area contributed by atoms with Gasteiger partial charge in [0.2, 0.25) is 0 Å². The van der Waals surface area contributed by atoms with Gasteiger partial charge in [0.15, 0.2) is 0 Å². The van der Waals surface area contributed by atoms with Crippen molar-refractivity contribution in [2.24, 2.45) is 0 Å². The van der Waals surface area contributed by atoms with E-state index in [1.165, 1.54) is 12.2 Å². The third-order valence-corrected chi connectivity index (χ3v) is 3.68. The van der Waals surface area contributed by atoms with Crippen LogP contribution in [-0.4, -0.2) is 48.3 Å². The summed E-state index contributed by atoms with van der Waals surface area (Å²) in [5, 5.41) is 1.19. The maximum atomic E-state index is 12.2. The van der Waals surface area contributed by atoms with Gasteiger partial charge in [-0.25, -0.2) is 9.86 Å². The first-order valence-corrected chi connectivity index (χ1v) is 7.63. The van der Waals surface area contributed by atoms with Crippen LogP contribution in [0.25, 0.3) is 0 Å². The van der Waals surface area contributed by atoms with E-state index < -0.39 is 5.60 Å². The third kappa shape index (κ3) is 4.22. The van der Waals surface area contributed by atoms with Crippen LogP contribution in [-0.2, 0) is 22.5 Å². The van der Waals surface area contributed by atoms with Crippen LogP contribution in [0.1, 0.15) is 42.3 Å². The summed E-state index contributed by atoms with van der Waals surface area (Å²) in [6.07, 6.45) is 0.397. The number of hydrogen-bond acceptors (Lipinski definition) is 4. The lowest BCUT2D eigenvalue weighted by Crippen LogP contribution is -2.40. The molecule has 1 heterocycles. The predicted molar refractivity (Wildman–Crippen MR) is 85.9 cm³/mol. The number of ether oxygens (including phenoxy) is 1. The molecule has 1 aromatic carbocycles. The molecule has 23 heavy (non-hydrogen) atoms. The number of benzene rings is 1. The Kier molecular flexibility index (Phi) is 4.94. The van der Waals surface area contributed by atoms with Crippen molar-refractivity contribution in [3.8, 4) is 0 Å². The molecule has 0 saturated heterocycles. The summed E-state index contributed by atoms with van der Waals surface area (Å²) in [6, 6.07) is 5.53. The highest BCUT2D eigenvalue weighted by Crippen LogP contribution is 2.22. The Hall–Kier alpha value is -2.08. The minimum atomic E-state index is -0.502. The predicted octanol–water partition coefficient (Wildman–Crippen LogP) is 2.61. The van der Waals surface area contributed by atoms with E-state index >= 15 is 0 Å². The van der Waals surface area contributed by atoms with E-state index in [1.807, 2.05) is 32.9 Å². The highest BCUT2D eigenvalue weighted by atomic mass is 16.7. The van der Waals surface area contributed by atoms with Gasteiger partial charge in [0.05, 0.1) is 7.11 Å². The smallest absolute Gasteiger partial charge is 0.410 e. The van der Waals surface area contributed by atoms with Crippen molar-refractivity contribution in [2.75, 3.05) is 20.7 Å². The fourth-order valence-electron chi connectivity index (χ4n) is 2.43. The van der Waals surface area contributed by atoms with Gasteiger partial charge in [-0.3, -0.25) is 9.63 Å². The Labute approximate surface area is 136 Å². The normalized spacial score (nSPS) is 14.2. The highest BCUT2D eigenvalue weighted by Gasteiger charge is 2.26. The van der Waals surface area contributed by atoms with E-state index in [-0.39, 0.29) is 12.0 Å². The number of carbonyl (C=O) groups excluding carboxylic acids is 2. The summed E-state index contributed by atoms with van der Waals surface area (Å²) in [5.74, 6) is -0.190. The second-order valence-corrected chi connectivity index (χ2v) is 6.62.